The molecule has 0 spiro atoms. The molecule has 0 aliphatic heterocycles. The maximum Gasteiger partial charge on any atom is 0.241 e. The van der Waals surface area contributed by atoms with Crippen LogP contribution in [-0.4, -0.2) is 18.6 Å². The van der Waals surface area contributed by atoms with Crippen molar-refractivity contribution in [1.29, 1.82) is 0 Å². The van der Waals surface area contributed by atoms with E-state index >= 15 is 0 Å². The van der Waals surface area contributed by atoms with Crippen molar-refractivity contribution in [1.82, 2.24) is 14.9 Å². The average molecular weight is 282 g/mol. The Kier molecular flexibility index (Phi) is 3.93. The molecule has 2 aromatic rings. The van der Waals surface area contributed by atoms with E-state index in [0.717, 1.165) is 5.56 Å². The van der Waals surface area contributed by atoms with Gasteiger partial charge in [-0.25, -0.2) is 13.1 Å². The second-order valence-electron chi connectivity index (χ2n) is 3.91. The molecule has 19 heavy (non-hydrogen) atoms. The molecule has 0 saturated carbocycles. The van der Waals surface area contributed by atoms with Gasteiger partial charge in [-0.3, -0.25) is 0 Å². The van der Waals surface area contributed by atoms with Gasteiger partial charge in [-0.15, -0.1) is 0 Å². The number of rotatable bonds is 5. The Balaban J connectivity index is 2.09. The van der Waals surface area contributed by atoms with Gasteiger partial charge in [-0.2, -0.15) is 4.98 Å². The van der Waals surface area contributed by atoms with Crippen molar-refractivity contribution in [3.8, 4) is 0 Å². The quantitative estimate of drug-likeness (QED) is 0.816. The van der Waals surface area contributed by atoms with E-state index in [1.807, 2.05) is 0 Å². The molecule has 0 fully saturated rings. The predicted molar refractivity (Wildman–Crippen MR) is 67.4 cm³/mol. The van der Waals surface area contributed by atoms with E-state index in [4.69, 9.17) is 10.3 Å². The molecular weight excluding hydrogens is 268 g/mol. The standard InChI is InChI=1S/C11H14N4O3S/c1-8-14-11(18-15-8)7-13-19(16,17)10-4-2-9(6-12)3-5-10/h2-5,13H,6-7,12H2,1H3. The number of nitrogens with one attached hydrogen (secondary N) is 1. The number of sulfonamides is 1. The first-order valence-corrected chi connectivity index (χ1v) is 7.07. The summed E-state index contributed by atoms with van der Waals surface area (Å²) < 4.78 is 31.2. The summed E-state index contributed by atoms with van der Waals surface area (Å²) in [6, 6.07) is 6.35. The van der Waals surface area contributed by atoms with Gasteiger partial charge < -0.3 is 10.3 Å². The lowest BCUT2D eigenvalue weighted by Crippen LogP contribution is -2.23. The van der Waals surface area contributed by atoms with E-state index in [0.29, 0.717) is 12.4 Å². The summed E-state index contributed by atoms with van der Waals surface area (Å²) in [6.07, 6.45) is 0. The van der Waals surface area contributed by atoms with Gasteiger partial charge in [0.2, 0.25) is 15.9 Å². The fraction of sp³-hybridized carbons (Fsp3) is 0.273. The van der Waals surface area contributed by atoms with E-state index in [-0.39, 0.29) is 17.3 Å². The molecule has 0 amide bonds. The lowest BCUT2D eigenvalue weighted by molar-refractivity contribution is 0.372. The average Bonchev–Trinajstić information content (AvgIpc) is 2.82. The Morgan fingerprint density at radius 3 is 2.53 bits per heavy atom. The minimum absolute atomic E-state index is 0.0399. The van der Waals surface area contributed by atoms with Crippen molar-refractivity contribution < 1.29 is 12.9 Å². The van der Waals surface area contributed by atoms with Crippen molar-refractivity contribution in [2.45, 2.75) is 24.9 Å². The monoisotopic (exact) mass is 282 g/mol. The Bertz CT molecular complexity index is 649. The highest BCUT2D eigenvalue weighted by Crippen LogP contribution is 2.10. The molecule has 2 rings (SSSR count). The van der Waals surface area contributed by atoms with Gasteiger partial charge in [-0.05, 0) is 24.6 Å². The molecule has 0 bridgehead atoms. The van der Waals surface area contributed by atoms with Crippen LogP contribution in [0, 0.1) is 6.92 Å². The first-order valence-electron chi connectivity index (χ1n) is 5.59. The summed E-state index contributed by atoms with van der Waals surface area (Å²) >= 11 is 0. The zero-order chi connectivity index (χ0) is 13.9. The fourth-order valence-corrected chi connectivity index (χ4v) is 2.43. The normalized spacial score (nSPS) is 11.7. The van der Waals surface area contributed by atoms with Crippen molar-refractivity contribution >= 4 is 10.0 Å². The van der Waals surface area contributed by atoms with E-state index in [1.54, 1.807) is 19.1 Å². The smallest absolute Gasteiger partial charge is 0.241 e. The number of aryl methyl sites for hydroxylation is 1. The van der Waals surface area contributed by atoms with Crippen molar-refractivity contribution in [3.05, 3.63) is 41.5 Å². The van der Waals surface area contributed by atoms with E-state index in [1.165, 1.54) is 12.1 Å². The van der Waals surface area contributed by atoms with Gasteiger partial charge in [0.25, 0.3) is 0 Å². The second-order valence-corrected chi connectivity index (χ2v) is 5.67. The molecule has 1 aromatic carbocycles. The van der Waals surface area contributed by atoms with E-state index in [9.17, 15) is 8.42 Å². The molecule has 102 valence electrons. The third-order valence-corrected chi connectivity index (χ3v) is 3.87. The number of nitrogens with zero attached hydrogens (tertiary/aromatic N) is 2. The third kappa shape index (κ3) is 3.37. The summed E-state index contributed by atoms with van der Waals surface area (Å²) in [4.78, 5) is 4.08. The molecule has 3 N–H and O–H groups in total. The summed E-state index contributed by atoms with van der Waals surface area (Å²) in [5, 5.41) is 3.58. The highest BCUT2D eigenvalue weighted by molar-refractivity contribution is 7.89. The molecule has 8 heteroatoms. The van der Waals surface area contributed by atoms with Gasteiger partial charge in [-0.1, -0.05) is 17.3 Å². The van der Waals surface area contributed by atoms with Crippen LogP contribution in [0.1, 0.15) is 17.3 Å². The van der Waals surface area contributed by atoms with Crippen molar-refractivity contribution in [2.75, 3.05) is 0 Å². The van der Waals surface area contributed by atoms with Crippen molar-refractivity contribution in [3.63, 3.8) is 0 Å². The van der Waals surface area contributed by atoms with Crippen LogP contribution in [0.25, 0.3) is 0 Å². The maximum atomic E-state index is 12.0. The number of hydrogen-bond donors (Lipinski definition) is 2. The fourth-order valence-electron chi connectivity index (χ4n) is 1.46. The minimum Gasteiger partial charge on any atom is -0.338 e. The van der Waals surface area contributed by atoms with Crippen LogP contribution in [0.5, 0.6) is 0 Å². The summed E-state index contributed by atoms with van der Waals surface area (Å²) in [5.41, 5.74) is 6.32. The van der Waals surface area contributed by atoms with Crippen LogP contribution < -0.4 is 10.5 Å². The first kappa shape index (κ1) is 13.7. The number of benzene rings is 1. The van der Waals surface area contributed by atoms with Crippen LogP contribution in [0.3, 0.4) is 0 Å². The van der Waals surface area contributed by atoms with Crippen molar-refractivity contribution in [2.24, 2.45) is 5.73 Å². The topological polar surface area (TPSA) is 111 Å². The van der Waals surface area contributed by atoms with Crippen LogP contribution >= 0.6 is 0 Å². The SMILES string of the molecule is Cc1noc(CNS(=O)(=O)c2ccc(CN)cc2)n1. The summed E-state index contributed by atoms with van der Waals surface area (Å²) in [6.45, 7) is 1.99. The van der Waals surface area contributed by atoms with E-state index in [2.05, 4.69) is 14.9 Å². The molecule has 7 nitrogen and oxygen atoms in total. The Hall–Kier alpha value is -1.77. The molecule has 1 heterocycles. The molecule has 0 radical (unpaired) electrons. The van der Waals surface area contributed by atoms with Crippen LogP contribution in [0.15, 0.2) is 33.7 Å². The van der Waals surface area contributed by atoms with Gasteiger partial charge in [0.1, 0.15) is 0 Å². The molecule has 0 atom stereocenters. The Labute approximate surface area is 110 Å². The zero-order valence-electron chi connectivity index (χ0n) is 10.3. The minimum atomic E-state index is -3.59. The Morgan fingerprint density at radius 1 is 1.32 bits per heavy atom. The highest BCUT2D eigenvalue weighted by Gasteiger charge is 2.15. The second kappa shape index (κ2) is 5.47. The van der Waals surface area contributed by atoms with Gasteiger partial charge in [0, 0.05) is 6.54 Å². The zero-order valence-corrected chi connectivity index (χ0v) is 11.1. The highest BCUT2D eigenvalue weighted by atomic mass is 32.2. The lowest BCUT2D eigenvalue weighted by Gasteiger charge is -2.05. The van der Waals surface area contributed by atoms with Crippen LogP contribution in [0.4, 0.5) is 0 Å². The third-order valence-electron chi connectivity index (χ3n) is 2.45. The van der Waals surface area contributed by atoms with Crippen LogP contribution in [0.2, 0.25) is 0 Å². The molecule has 0 saturated heterocycles. The summed E-state index contributed by atoms with van der Waals surface area (Å²) in [5.74, 6) is 0.682. The first-order chi connectivity index (χ1) is 9.01. The van der Waals surface area contributed by atoms with E-state index < -0.39 is 10.0 Å². The summed E-state index contributed by atoms with van der Waals surface area (Å²) in [7, 11) is -3.59. The van der Waals surface area contributed by atoms with Gasteiger partial charge in [0.05, 0.1) is 11.4 Å². The maximum absolute atomic E-state index is 12.0. The largest absolute Gasteiger partial charge is 0.338 e. The lowest BCUT2D eigenvalue weighted by atomic mass is 10.2. The molecular formula is C11H14N4O3S. The van der Waals surface area contributed by atoms with Gasteiger partial charge >= 0.3 is 0 Å². The molecule has 1 aromatic heterocycles. The Morgan fingerprint density at radius 2 is 2.00 bits per heavy atom. The van der Waals surface area contributed by atoms with Crippen LogP contribution in [-0.2, 0) is 23.1 Å². The molecule has 0 aliphatic carbocycles. The molecule has 0 unspecified atom stereocenters. The molecule has 0 aliphatic rings. The number of hydrogen-bond acceptors (Lipinski definition) is 6. The number of aromatic nitrogens is 2. The van der Waals surface area contributed by atoms with Gasteiger partial charge in [0.15, 0.2) is 5.82 Å². The number of nitrogens with two attached hydrogens (primary N) is 1. The predicted octanol–water partition coefficient (Wildman–Crippen LogP) is 0.315.